The standard InChI is InChI=1S/C24H27F3N4/c1-3-5-8-18-9-6-10-20(15-18)29-22-21(24(25,26)27)16-28-23(31-22)30-19-13-11-17(7-4-2)12-14-19/h6,9-16H,3-5,7-8H2,1-2H3,(H2,28,29,30,31). The molecular formula is C24H27F3N4. The number of benzene rings is 2. The average molecular weight is 429 g/mol. The molecule has 0 bridgehead atoms. The van der Waals surface area contributed by atoms with E-state index in [1.54, 1.807) is 6.07 Å². The highest BCUT2D eigenvalue weighted by molar-refractivity contribution is 5.63. The molecule has 0 spiro atoms. The maximum atomic E-state index is 13.5. The topological polar surface area (TPSA) is 49.8 Å². The smallest absolute Gasteiger partial charge is 0.340 e. The van der Waals surface area contributed by atoms with Crippen LogP contribution in [0.2, 0.25) is 0 Å². The summed E-state index contributed by atoms with van der Waals surface area (Å²) < 4.78 is 40.6. The molecule has 2 aromatic carbocycles. The van der Waals surface area contributed by atoms with Crippen LogP contribution in [0.1, 0.15) is 49.8 Å². The number of unbranched alkanes of at least 4 members (excludes halogenated alkanes) is 1. The van der Waals surface area contributed by atoms with Gasteiger partial charge >= 0.3 is 6.18 Å². The normalized spacial score (nSPS) is 11.4. The molecule has 2 N–H and O–H groups in total. The van der Waals surface area contributed by atoms with Crippen LogP contribution < -0.4 is 10.6 Å². The largest absolute Gasteiger partial charge is 0.421 e. The summed E-state index contributed by atoms with van der Waals surface area (Å²) in [5.41, 5.74) is 2.64. The van der Waals surface area contributed by atoms with E-state index in [2.05, 4.69) is 34.4 Å². The van der Waals surface area contributed by atoms with Crippen molar-refractivity contribution in [3.05, 3.63) is 71.4 Å². The van der Waals surface area contributed by atoms with Gasteiger partial charge in [-0.2, -0.15) is 18.2 Å². The number of rotatable bonds is 9. The van der Waals surface area contributed by atoms with Crippen molar-refractivity contribution in [3.8, 4) is 0 Å². The van der Waals surface area contributed by atoms with E-state index in [1.165, 1.54) is 5.56 Å². The third kappa shape index (κ3) is 6.44. The highest BCUT2D eigenvalue weighted by atomic mass is 19.4. The first-order chi connectivity index (χ1) is 14.9. The Morgan fingerprint density at radius 2 is 1.61 bits per heavy atom. The summed E-state index contributed by atoms with van der Waals surface area (Å²) in [5.74, 6) is -0.180. The summed E-state index contributed by atoms with van der Waals surface area (Å²) in [6.07, 6.45) is 1.22. The molecule has 0 aliphatic heterocycles. The highest BCUT2D eigenvalue weighted by Crippen LogP contribution is 2.35. The van der Waals surface area contributed by atoms with E-state index in [4.69, 9.17) is 0 Å². The number of halogens is 3. The molecule has 164 valence electrons. The molecule has 3 aromatic rings. The van der Waals surface area contributed by atoms with Crippen LogP contribution in [0.5, 0.6) is 0 Å². The molecule has 0 aliphatic carbocycles. The van der Waals surface area contributed by atoms with Crippen molar-refractivity contribution in [3.63, 3.8) is 0 Å². The fourth-order valence-corrected chi connectivity index (χ4v) is 3.24. The molecule has 0 atom stereocenters. The van der Waals surface area contributed by atoms with Gasteiger partial charge in [0.25, 0.3) is 0 Å². The Labute approximate surface area is 181 Å². The summed E-state index contributed by atoms with van der Waals surface area (Å²) in [6, 6.07) is 15.1. The minimum absolute atomic E-state index is 0.0980. The average Bonchev–Trinajstić information content (AvgIpc) is 2.73. The molecule has 31 heavy (non-hydrogen) atoms. The predicted octanol–water partition coefficient (Wildman–Crippen LogP) is 7.28. The van der Waals surface area contributed by atoms with E-state index >= 15 is 0 Å². The van der Waals surface area contributed by atoms with Gasteiger partial charge in [0.05, 0.1) is 0 Å². The quantitative estimate of drug-likeness (QED) is 0.376. The minimum Gasteiger partial charge on any atom is -0.340 e. The molecule has 0 fully saturated rings. The molecular weight excluding hydrogens is 401 g/mol. The number of alkyl halides is 3. The van der Waals surface area contributed by atoms with Crippen LogP contribution in [0.15, 0.2) is 54.7 Å². The first-order valence-electron chi connectivity index (χ1n) is 10.5. The second kappa shape index (κ2) is 10.3. The Kier molecular flexibility index (Phi) is 7.50. The van der Waals surface area contributed by atoms with E-state index in [1.807, 2.05) is 42.5 Å². The van der Waals surface area contributed by atoms with E-state index in [0.29, 0.717) is 11.4 Å². The first kappa shape index (κ1) is 22.6. The number of anilines is 4. The van der Waals surface area contributed by atoms with Gasteiger partial charge in [-0.3, -0.25) is 0 Å². The van der Waals surface area contributed by atoms with Crippen molar-refractivity contribution < 1.29 is 13.2 Å². The van der Waals surface area contributed by atoms with E-state index in [-0.39, 0.29) is 11.8 Å². The molecule has 3 rings (SSSR count). The summed E-state index contributed by atoms with van der Waals surface area (Å²) in [6.45, 7) is 4.21. The zero-order chi connectivity index (χ0) is 22.3. The lowest BCUT2D eigenvalue weighted by Crippen LogP contribution is -2.12. The van der Waals surface area contributed by atoms with Crippen molar-refractivity contribution in [2.75, 3.05) is 10.6 Å². The Morgan fingerprint density at radius 3 is 2.29 bits per heavy atom. The van der Waals surface area contributed by atoms with Crippen LogP contribution in [0, 0.1) is 0 Å². The number of hydrogen-bond donors (Lipinski definition) is 2. The summed E-state index contributed by atoms with van der Waals surface area (Å²) in [7, 11) is 0. The zero-order valence-electron chi connectivity index (χ0n) is 17.8. The number of aryl methyl sites for hydroxylation is 2. The lowest BCUT2D eigenvalue weighted by atomic mass is 10.1. The van der Waals surface area contributed by atoms with Gasteiger partial charge in [-0.15, -0.1) is 0 Å². The lowest BCUT2D eigenvalue weighted by Gasteiger charge is -2.15. The van der Waals surface area contributed by atoms with E-state index in [0.717, 1.165) is 43.9 Å². The van der Waals surface area contributed by atoms with Gasteiger partial charge < -0.3 is 10.6 Å². The van der Waals surface area contributed by atoms with Crippen molar-refractivity contribution in [1.29, 1.82) is 0 Å². The number of nitrogens with zero attached hydrogens (tertiary/aromatic N) is 2. The maximum absolute atomic E-state index is 13.5. The highest BCUT2D eigenvalue weighted by Gasteiger charge is 2.35. The van der Waals surface area contributed by atoms with Crippen molar-refractivity contribution >= 4 is 23.1 Å². The molecule has 0 amide bonds. The van der Waals surface area contributed by atoms with Crippen LogP contribution in [-0.4, -0.2) is 9.97 Å². The number of aromatic nitrogens is 2. The van der Waals surface area contributed by atoms with Crippen LogP contribution >= 0.6 is 0 Å². The fraction of sp³-hybridized carbons (Fsp3) is 0.333. The second-order valence-electron chi connectivity index (χ2n) is 7.45. The molecule has 0 aliphatic rings. The maximum Gasteiger partial charge on any atom is 0.421 e. The molecule has 0 saturated carbocycles. The first-order valence-corrected chi connectivity index (χ1v) is 10.5. The van der Waals surface area contributed by atoms with Gasteiger partial charge in [0, 0.05) is 17.6 Å². The third-order valence-corrected chi connectivity index (χ3v) is 4.85. The van der Waals surface area contributed by atoms with Gasteiger partial charge in [0.15, 0.2) is 0 Å². The Balaban J connectivity index is 1.85. The monoisotopic (exact) mass is 428 g/mol. The molecule has 0 radical (unpaired) electrons. The molecule has 0 unspecified atom stereocenters. The minimum atomic E-state index is -4.57. The van der Waals surface area contributed by atoms with E-state index in [9.17, 15) is 13.2 Å². The molecule has 1 aromatic heterocycles. The lowest BCUT2D eigenvalue weighted by molar-refractivity contribution is -0.137. The van der Waals surface area contributed by atoms with Gasteiger partial charge in [-0.25, -0.2) is 4.98 Å². The SMILES string of the molecule is CCCCc1cccc(Nc2nc(Nc3ccc(CCC)cc3)ncc2C(F)(F)F)c1. The van der Waals surface area contributed by atoms with Gasteiger partial charge in [0.2, 0.25) is 5.95 Å². The van der Waals surface area contributed by atoms with E-state index < -0.39 is 11.7 Å². The molecule has 0 saturated heterocycles. The molecule has 4 nitrogen and oxygen atoms in total. The van der Waals surface area contributed by atoms with Crippen LogP contribution in [0.3, 0.4) is 0 Å². The number of hydrogen-bond acceptors (Lipinski definition) is 4. The van der Waals surface area contributed by atoms with Crippen molar-refractivity contribution in [2.24, 2.45) is 0 Å². The zero-order valence-corrected chi connectivity index (χ0v) is 17.8. The fourth-order valence-electron chi connectivity index (χ4n) is 3.24. The Bertz CT molecular complexity index is 985. The Hall–Kier alpha value is -3.09. The number of nitrogens with one attached hydrogen (secondary N) is 2. The van der Waals surface area contributed by atoms with Crippen molar-refractivity contribution in [2.45, 2.75) is 52.1 Å². The van der Waals surface area contributed by atoms with Gasteiger partial charge in [-0.1, -0.05) is 51.0 Å². The summed E-state index contributed by atoms with van der Waals surface area (Å²) >= 11 is 0. The molecule has 1 heterocycles. The summed E-state index contributed by atoms with van der Waals surface area (Å²) in [4.78, 5) is 8.00. The van der Waals surface area contributed by atoms with Gasteiger partial charge in [-0.05, 0) is 54.7 Å². The Morgan fingerprint density at radius 1 is 0.839 bits per heavy atom. The van der Waals surface area contributed by atoms with Gasteiger partial charge in [0.1, 0.15) is 11.4 Å². The molecule has 7 heteroatoms. The van der Waals surface area contributed by atoms with Crippen LogP contribution in [0.4, 0.5) is 36.3 Å². The van der Waals surface area contributed by atoms with Crippen molar-refractivity contribution in [1.82, 2.24) is 9.97 Å². The van der Waals surface area contributed by atoms with Crippen LogP contribution in [0.25, 0.3) is 0 Å². The van der Waals surface area contributed by atoms with Crippen LogP contribution in [-0.2, 0) is 19.0 Å². The third-order valence-electron chi connectivity index (χ3n) is 4.85. The summed E-state index contributed by atoms with van der Waals surface area (Å²) in [5, 5.41) is 5.82. The predicted molar refractivity (Wildman–Crippen MR) is 119 cm³/mol. The second-order valence-corrected chi connectivity index (χ2v) is 7.45.